The first-order valence-corrected chi connectivity index (χ1v) is 9.60. The number of nitrogens with one attached hydrogen (secondary N) is 1. The minimum absolute atomic E-state index is 0.0106. The quantitative estimate of drug-likeness (QED) is 0.439. The van der Waals surface area contributed by atoms with Gasteiger partial charge in [0.25, 0.3) is 11.8 Å². The van der Waals surface area contributed by atoms with E-state index in [-0.39, 0.29) is 28.7 Å². The first-order chi connectivity index (χ1) is 16.0. The molecule has 0 bridgehead atoms. The molecule has 1 N–H and O–H groups in total. The summed E-state index contributed by atoms with van der Waals surface area (Å²) in [5.41, 5.74) is 2.00. The van der Waals surface area contributed by atoms with Crippen LogP contribution in [0.25, 0.3) is 22.5 Å². The molecule has 0 radical (unpaired) electrons. The topological polar surface area (TPSA) is 112 Å². The zero-order chi connectivity index (χ0) is 23.4. The number of hydrogen-bond acceptors (Lipinski definition) is 8. The number of amides is 1. The van der Waals surface area contributed by atoms with Crippen LogP contribution < -0.4 is 14.8 Å². The average Bonchev–Trinajstić information content (AvgIpc) is 3.21. The summed E-state index contributed by atoms with van der Waals surface area (Å²) in [7, 11) is 1.36. The molecule has 0 aliphatic rings. The molecule has 1 aromatic carbocycles. The van der Waals surface area contributed by atoms with Gasteiger partial charge >= 0.3 is 6.61 Å². The first kappa shape index (κ1) is 21.8. The number of methoxy groups -OCH3 is 1. The fourth-order valence-corrected chi connectivity index (χ4v) is 3.07. The second-order valence-corrected chi connectivity index (χ2v) is 6.68. The lowest BCUT2D eigenvalue weighted by atomic mass is 10.1. The zero-order valence-electron chi connectivity index (χ0n) is 17.5. The summed E-state index contributed by atoms with van der Waals surface area (Å²) >= 11 is 0. The number of carbonyl (C=O) groups excluding carboxylic acids is 1. The van der Waals surface area contributed by atoms with Gasteiger partial charge < -0.3 is 19.3 Å². The molecule has 1 amide bonds. The number of rotatable bonds is 7. The van der Waals surface area contributed by atoms with Crippen LogP contribution in [0.1, 0.15) is 16.1 Å². The molecule has 0 aliphatic heterocycles. The average molecular weight is 453 g/mol. The molecule has 0 fully saturated rings. The van der Waals surface area contributed by atoms with E-state index >= 15 is 0 Å². The Hall–Kier alpha value is -4.41. The van der Waals surface area contributed by atoms with Crippen molar-refractivity contribution in [1.82, 2.24) is 20.1 Å². The molecule has 33 heavy (non-hydrogen) atoms. The highest BCUT2D eigenvalue weighted by atomic mass is 19.3. The second-order valence-electron chi connectivity index (χ2n) is 6.68. The van der Waals surface area contributed by atoms with Gasteiger partial charge in [0.05, 0.1) is 25.2 Å². The largest absolute Gasteiger partial charge is 0.478 e. The summed E-state index contributed by atoms with van der Waals surface area (Å²) in [5.74, 6) is -0.244. The fraction of sp³-hybridized carbons (Fsp3) is 0.136. The molecule has 0 atom stereocenters. The van der Waals surface area contributed by atoms with Gasteiger partial charge in [0, 0.05) is 17.3 Å². The Bertz CT molecular complexity index is 1280. The van der Waals surface area contributed by atoms with Crippen LogP contribution >= 0.6 is 0 Å². The van der Waals surface area contributed by atoms with Crippen LogP contribution in [0.2, 0.25) is 0 Å². The SMILES string of the molecule is COc1nc(-c2cncc(OC(F)F)c2)cnc1NC(=O)c1c(-c2ccccc2)noc1C. The van der Waals surface area contributed by atoms with E-state index in [0.29, 0.717) is 22.6 Å². The number of carbonyl (C=O) groups is 1. The molecular weight excluding hydrogens is 436 g/mol. The minimum Gasteiger partial charge on any atom is -0.478 e. The molecule has 0 spiro atoms. The molecule has 3 aromatic heterocycles. The van der Waals surface area contributed by atoms with Crippen molar-refractivity contribution in [1.29, 1.82) is 0 Å². The molecule has 3 heterocycles. The monoisotopic (exact) mass is 453 g/mol. The highest BCUT2D eigenvalue weighted by Crippen LogP contribution is 2.29. The van der Waals surface area contributed by atoms with Crippen molar-refractivity contribution in [3.8, 4) is 34.1 Å². The third-order valence-corrected chi connectivity index (χ3v) is 4.54. The van der Waals surface area contributed by atoms with Crippen molar-refractivity contribution in [2.24, 2.45) is 0 Å². The standard InChI is InChI=1S/C22H17F2N5O4/c1-12-17(18(29-33-12)13-6-4-3-5-7-13)20(30)28-19-21(31-2)27-16(11-26-19)14-8-15(10-25-9-14)32-22(23)24/h3-11,22H,1-2H3,(H,26,28,30). The van der Waals surface area contributed by atoms with Gasteiger partial charge in [-0.1, -0.05) is 35.5 Å². The van der Waals surface area contributed by atoms with Crippen LogP contribution in [-0.4, -0.2) is 39.7 Å². The van der Waals surface area contributed by atoms with Crippen molar-refractivity contribution in [2.75, 3.05) is 12.4 Å². The normalized spacial score (nSPS) is 10.8. The molecule has 168 valence electrons. The Balaban J connectivity index is 1.62. The van der Waals surface area contributed by atoms with Crippen LogP contribution in [-0.2, 0) is 0 Å². The van der Waals surface area contributed by atoms with E-state index in [1.165, 1.54) is 25.6 Å². The van der Waals surface area contributed by atoms with Gasteiger partial charge in [-0.15, -0.1) is 0 Å². The molecule has 11 heteroatoms. The number of benzene rings is 1. The van der Waals surface area contributed by atoms with E-state index in [2.05, 4.69) is 30.2 Å². The number of pyridine rings is 1. The van der Waals surface area contributed by atoms with Gasteiger partial charge in [0.15, 0.2) is 5.82 Å². The van der Waals surface area contributed by atoms with Gasteiger partial charge in [-0.25, -0.2) is 9.97 Å². The maximum atomic E-state index is 13.0. The summed E-state index contributed by atoms with van der Waals surface area (Å²) in [5, 5.41) is 6.65. The number of nitrogens with zero attached hydrogens (tertiary/aromatic N) is 4. The molecule has 4 rings (SSSR count). The van der Waals surface area contributed by atoms with Crippen molar-refractivity contribution < 1.29 is 27.6 Å². The molecule has 0 aliphatic carbocycles. The molecule has 0 saturated carbocycles. The molecule has 0 unspecified atom stereocenters. The Morgan fingerprint density at radius 2 is 1.91 bits per heavy atom. The Kier molecular flexibility index (Phi) is 6.20. The number of halogens is 2. The lowest BCUT2D eigenvalue weighted by Gasteiger charge is -2.11. The third kappa shape index (κ3) is 4.76. The third-order valence-electron chi connectivity index (χ3n) is 4.54. The van der Waals surface area contributed by atoms with Crippen LogP contribution in [0.5, 0.6) is 11.6 Å². The molecule has 0 saturated heterocycles. The van der Waals surface area contributed by atoms with Gasteiger partial charge in [0.1, 0.15) is 22.8 Å². The first-order valence-electron chi connectivity index (χ1n) is 9.60. The van der Waals surface area contributed by atoms with E-state index in [9.17, 15) is 13.6 Å². The fourth-order valence-electron chi connectivity index (χ4n) is 3.07. The van der Waals surface area contributed by atoms with Crippen molar-refractivity contribution >= 4 is 11.7 Å². The lowest BCUT2D eigenvalue weighted by Crippen LogP contribution is -2.16. The van der Waals surface area contributed by atoms with E-state index in [4.69, 9.17) is 9.26 Å². The number of ether oxygens (including phenoxy) is 2. The van der Waals surface area contributed by atoms with E-state index < -0.39 is 12.5 Å². The number of alkyl halides is 2. The smallest absolute Gasteiger partial charge is 0.387 e. The van der Waals surface area contributed by atoms with Crippen LogP contribution in [0, 0.1) is 6.92 Å². The predicted molar refractivity (Wildman–Crippen MR) is 113 cm³/mol. The molecule has 9 nitrogen and oxygen atoms in total. The van der Waals surface area contributed by atoms with E-state index in [0.717, 1.165) is 6.20 Å². The predicted octanol–water partition coefficient (Wildman–Crippen LogP) is 4.36. The highest BCUT2D eigenvalue weighted by Gasteiger charge is 2.23. The minimum atomic E-state index is -2.98. The van der Waals surface area contributed by atoms with Crippen LogP contribution in [0.3, 0.4) is 0 Å². The summed E-state index contributed by atoms with van der Waals surface area (Å²) in [4.78, 5) is 25.4. The van der Waals surface area contributed by atoms with Gasteiger partial charge in [-0.3, -0.25) is 9.78 Å². The van der Waals surface area contributed by atoms with Gasteiger partial charge in [0.2, 0.25) is 0 Å². The maximum absolute atomic E-state index is 13.0. The van der Waals surface area contributed by atoms with Gasteiger partial charge in [-0.05, 0) is 13.0 Å². The van der Waals surface area contributed by atoms with Crippen LogP contribution in [0.15, 0.2) is 59.5 Å². The van der Waals surface area contributed by atoms with Crippen molar-refractivity contribution in [3.63, 3.8) is 0 Å². The van der Waals surface area contributed by atoms with Crippen molar-refractivity contribution in [3.05, 3.63) is 66.3 Å². The summed E-state index contributed by atoms with van der Waals surface area (Å²) in [6.45, 7) is -1.36. The Labute approximate surface area is 186 Å². The second kappa shape index (κ2) is 9.39. The van der Waals surface area contributed by atoms with Crippen molar-refractivity contribution in [2.45, 2.75) is 13.5 Å². The summed E-state index contributed by atoms with van der Waals surface area (Å²) in [6.07, 6.45) is 3.91. The molecule has 4 aromatic rings. The number of aryl methyl sites for hydroxylation is 1. The highest BCUT2D eigenvalue weighted by molar-refractivity contribution is 6.08. The summed E-state index contributed by atoms with van der Waals surface area (Å²) in [6, 6.07) is 10.5. The van der Waals surface area contributed by atoms with E-state index in [1.54, 1.807) is 6.92 Å². The number of hydrogen-bond donors (Lipinski definition) is 1. The maximum Gasteiger partial charge on any atom is 0.387 e. The zero-order valence-corrected chi connectivity index (χ0v) is 17.5. The Morgan fingerprint density at radius 3 is 2.64 bits per heavy atom. The Morgan fingerprint density at radius 1 is 1.12 bits per heavy atom. The number of aromatic nitrogens is 4. The summed E-state index contributed by atoms with van der Waals surface area (Å²) < 4.78 is 39.8. The number of anilines is 1. The lowest BCUT2D eigenvalue weighted by molar-refractivity contribution is -0.0500. The van der Waals surface area contributed by atoms with Gasteiger partial charge in [-0.2, -0.15) is 8.78 Å². The molecular formula is C22H17F2N5O4. The van der Waals surface area contributed by atoms with E-state index in [1.807, 2.05) is 30.3 Å². The van der Waals surface area contributed by atoms with Crippen LogP contribution in [0.4, 0.5) is 14.6 Å².